The topological polar surface area (TPSA) is 124 Å². The van der Waals surface area contributed by atoms with Crippen molar-refractivity contribution < 1.29 is 44.1 Å². The third-order valence-corrected chi connectivity index (χ3v) is 8.19. The Morgan fingerprint density at radius 1 is 0.794 bits per heavy atom. The molecule has 5 atom stereocenters. The van der Waals surface area contributed by atoms with Crippen LogP contribution in [0.1, 0.15) is 11.1 Å². The van der Waals surface area contributed by atoms with E-state index in [9.17, 15) is 16.8 Å². The van der Waals surface area contributed by atoms with E-state index in [0.717, 1.165) is 11.1 Å². The summed E-state index contributed by atoms with van der Waals surface area (Å²) in [5, 5.41) is 0. The number of hydrogen-bond acceptors (Lipinski definition) is 10. The van der Waals surface area contributed by atoms with Gasteiger partial charge in [-0.1, -0.05) is 35.4 Å². The molecule has 0 spiro atoms. The van der Waals surface area contributed by atoms with Crippen LogP contribution in [0.15, 0.2) is 58.3 Å². The fourth-order valence-corrected chi connectivity index (χ4v) is 5.89. The minimum absolute atomic E-state index is 0.0758. The standard InChI is InChI=1S/C22H26O10S2/c1-14-4-8-16(9-5-14)33(23,24)31-20-19-18(12-28-13-29-19)30-22(27-3)21(20)32-34(25,26)17-10-6-15(2)7-11-17/h4-11,18-22H,12-13H2,1-3H3/t18-,19-,20+,21-,22+/m1/s1. The van der Waals surface area contributed by atoms with Crippen LogP contribution in [0.2, 0.25) is 0 Å². The van der Waals surface area contributed by atoms with Crippen molar-refractivity contribution in [1.82, 2.24) is 0 Å². The van der Waals surface area contributed by atoms with Crippen LogP contribution in [0, 0.1) is 13.8 Å². The van der Waals surface area contributed by atoms with E-state index in [0.29, 0.717) is 0 Å². The quantitative estimate of drug-likeness (QED) is 0.506. The number of aryl methyl sites for hydroxylation is 2. The zero-order valence-electron chi connectivity index (χ0n) is 18.8. The van der Waals surface area contributed by atoms with Crippen molar-refractivity contribution in [2.24, 2.45) is 0 Å². The molecular weight excluding hydrogens is 488 g/mol. The van der Waals surface area contributed by atoms with E-state index in [-0.39, 0.29) is 23.2 Å². The van der Waals surface area contributed by atoms with Gasteiger partial charge in [-0.05, 0) is 38.1 Å². The molecule has 34 heavy (non-hydrogen) atoms. The van der Waals surface area contributed by atoms with Crippen LogP contribution in [0.25, 0.3) is 0 Å². The molecule has 4 rings (SSSR count). The Bertz CT molecular complexity index is 1190. The Morgan fingerprint density at radius 2 is 1.29 bits per heavy atom. The second kappa shape index (κ2) is 9.99. The average Bonchev–Trinajstić information content (AvgIpc) is 2.80. The summed E-state index contributed by atoms with van der Waals surface area (Å²) in [4.78, 5) is -0.203. The molecule has 0 amide bonds. The number of hydrogen-bond donors (Lipinski definition) is 0. The van der Waals surface area contributed by atoms with Gasteiger partial charge in [-0.3, -0.25) is 8.37 Å². The lowest BCUT2D eigenvalue weighted by molar-refractivity contribution is -0.326. The normalized spacial score (nSPS) is 27.8. The molecule has 186 valence electrons. The van der Waals surface area contributed by atoms with E-state index in [1.165, 1.54) is 31.4 Å². The van der Waals surface area contributed by atoms with Crippen molar-refractivity contribution in [2.45, 2.75) is 54.3 Å². The smallest absolute Gasteiger partial charge is 0.297 e. The molecule has 2 aliphatic heterocycles. The molecule has 12 heteroatoms. The maximum Gasteiger partial charge on any atom is 0.297 e. The molecule has 2 fully saturated rings. The van der Waals surface area contributed by atoms with Gasteiger partial charge in [0, 0.05) is 7.11 Å². The lowest BCUT2D eigenvalue weighted by Gasteiger charge is -2.45. The first-order chi connectivity index (χ1) is 16.1. The molecule has 0 saturated carbocycles. The molecule has 2 aliphatic rings. The highest BCUT2D eigenvalue weighted by Crippen LogP contribution is 2.34. The molecule has 2 heterocycles. The first-order valence-corrected chi connectivity index (χ1v) is 13.3. The summed E-state index contributed by atoms with van der Waals surface area (Å²) in [6.07, 6.45) is -5.92. The molecule has 0 radical (unpaired) electrons. The van der Waals surface area contributed by atoms with Crippen LogP contribution in [-0.2, 0) is 47.5 Å². The number of benzene rings is 2. The maximum absolute atomic E-state index is 13.1. The SMILES string of the molecule is CO[C@H]1O[C@@H]2COCO[C@H]2[C@H](OS(=O)(=O)c2ccc(C)cc2)[C@H]1OS(=O)(=O)c1ccc(C)cc1. The Morgan fingerprint density at radius 3 is 1.79 bits per heavy atom. The van der Waals surface area contributed by atoms with E-state index >= 15 is 0 Å². The highest BCUT2D eigenvalue weighted by molar-refractivity contribution is 7.87. The highest BCUT2D eigenvalue weighted by Gasteiger charge is 2.53. The Labute approximate surface area is 198 Å². The molecule has 0 aliphatic carbocycles. The Kier molecular flexibility index (Phi) is 7.41. The van der Waals surface area contributed by atoms with Crippen molar-refractivity contribution >= 4 is 20.2 Å². The molecule has 0 bridgehead atoms. The third-order valence-electron chi connectivity index (χ3n) is 5.54. The number of methoxy groups -OCH3 is 1. The van der Waals surface area contributed by atoms with Gasteiger partial charge < -0.3 is 18.9 Å². The average molecular weight is 515 g/mol. The Hall–Kier alpha value is -1.90. The van der Waals surface area contributed by atoms with Crippen LogP contribution in [-0.4, -0.2) is 68.1 Å². The zero-order valence-corrected chi connectivity index (χ0v) is 20.5. The largest absolute Gasteiger partial charge is 0.353 e. The van der Waals surface area contributed by atoms with Gasteiger partial charge in [0.15, 0.2) is 12.4 Å². The minimum atomic E-state index is -4.34. The first-order valence-electron chi connectivity index (χ1n) is 10.5. The summed E-state index contributed by atoms with van der Waals surface area (Å²) in [5.74, 6) is 0. The van der Waals surface area contributed by atoms with Crippen molar-refractivity contribution in [1.29, 1.82) is 0 Å². The van der Waals surface area contributed by atoms with Gasteiger partial charge in [0.25, 0.3) is 20.2 Å². The predicted molar refractivity (Wildman–Crippen MR) is 118 cm³/mol. The minimum Gasteiger partial charge on any atom is -0.353 e. The van der Waals surface area contributed by atoms with Crippen molar-refractivity contribution in [3.05, 3.63) is 59.7 Å². The fraction of sp³-hybridized carbons (Fsp3) is 0.455. The summed E-state index contributed by atoms with van der Waals surface area (Å²) in [6.45, 7) is 3.56. The van der Waals surface area contributed by atoms with Gasteiger partial charge in [-0.2, -0.15) is 16.8 Å². The first kappa shape index (κ1) is 25.2. The third kappa shape index (κ3) is 5.34. The summed E-state index contributed by atoms with van der Waals surface area (Å²) in [5.41, 5.74) is 1.72. The summed E-state index contributed by atoms with van der Waals surface area (Å²) >= 11 is 0. The summed E-state index contributed by atoms with van der Waals surface area (Å²) in [6, 6.07) is 12.1. The number of fused-ring (bicyclic) bond motifs is 1. The number of ether oxygens (including phenoxy) is 4. The summed E-state index contributed by atoms with van der Waals surface area (Å²) < 4.78 is 85.3. The lowest BCUT2D eigenvalue weighted by atomic mass is 9.99. The van der Waals surface area contributed by atoms with Gasteiger partial charge in [-0.15, -0.1) is 0 Å². The predicted octanol–water partition coefficient (Wildman–Crippen LogP) is 1.90. The van der Waals surface area contributed by atoms with Crippen molar-refractivity contribution in [3.63, 3.8) is 0 Å². The molecule has 2 aromatic rings. The van der Waals surface area contributed by atoms with Crippen molar-refractivity contribution in [2.75, 3.05) is 20.5 Å². The summed E-state index contributed by atoms with van der Waals surface area (Å²) in [7, 11) is -7.37. The van der Waals surface area contributed by atoms with Gasteiger partial charge in [-0.25, -0.2) is 0 Å². The van der Waals surface area contributed by atoms with E-state index in [4.69, 9.17) is 27.3 Å². The van der Waals surface area contributed by atoms with Crippen LogP contribution in [0.4, 0.5) is 0 Å². The van der Waals surface area contributed by atoms with Gasteiger partial charge in [0.2, 0.25) is 0 Å². The monoisotopic (exact) mass is 514 g/mol. The highest BCUT2D eigenvalue weighted by atomic mass is 32.2. The molecule has 10 nitrogen and oxygen atoms in total. The molecule has 2 aromatic carbocycles. The van der Waals surface area contributed by atoms with Crippen LogP contribution in [0.5, 0.6) is 0 Å². The van der Waals surface area contributed by atoms with E-state index < -0.39 is 50.9 Å². The molecular formula is C22H26O10S2. The van der Waals surface area contributed by atoms with E-state index in [2.05, 4.69) is 0 Å². The zero-order chi connectivity index (χ0) is 24.5. The fourth-order valence-electron chi connectivity index (χ4n) is 3.72. The van der Waals surface area contributed by atoms with Gasteiger partial charge in [0.05, 0.1) is 16.4 Å². The second-order valence-corrected chi connectivity index (χ2v) is 11.2. The molecule has 0 unspecified atom stereocenters. The molecule has 0 N–H and O–H groups in total. The lowest BCUT2D eigenvalue weighted by Crippen LogP contribution is -2.63. The van der Waals surface area contributed by atoms with E-state index in [1.807, 2.05) is 13.8 Å². The molecule has 0 aromatic heterocycles. The van der Waals surface area contributed by atoms with Crippen molar-refractivity contribution in [3.8, 4) is 0 Å². The Balaban J connectivity index is 1.70. The van der Waals surface area contributed by atoms with Gasteiger partial charge >= 0.3 is 0 Å². The number of rotatable bonds is 7. The second-order valence-electron chi connectivity index (χ2n) is 8.05. The van der Waals surface area contributed by atoms with Crippen LogP contribution in [0.3, 0.4) is 0 Å². The maximum atomic E-state index is 13.1. The van der Waals surface area contributed by atoms with Crippen LogP contribution >= 0.6 is 0 Å². The van der Waals surface area contributed by atoms with E-state index in [1.54, 1.807) is 24.3 Å². The van der Waals surface area contributed by atoms with Crippen LogP contribution < -0.4 is 0 Å². The van der Waals surface area contributed by atoms with Gasteiger partial charge in [0.1, 0.15) is 25.1 Å². The molecule has 2 saturated heterocycles.